The van der Waals surface area contributed by atoms with E-state index in [2.05, 4.69) is 11.8 Å². The number of alkyl halides is 1. The van der Waals surface area contributed by atoms with Crippen molar-refractivity contribution in [3.8, 4) is 17.6 Å². The van der Waals surface area contributed by atoms with Crippen LogP contribution in [-0.2, 0) is 9.47 Å². The zero-order chi connectivity index (χ0) is 13.9. The summed E-state index contributed by atoms with van der Waals surface area (Å²) in [6.07, 6.45) is 0. The molecular formula is C14H16ClFO3. The van der Waals surface area contributed by atoms with E-state index in [1.165, 1.54) is 6.07 Å². The lowest BCUT2D eigenvalue weighted by molar-refractivity contribution is 0.0544. The third kappa shape index (κ3) is 6.44. The number of benzene rings is 1. The molecule has 0 bridgehead atoms. The molecule has 0 spiro atoms. The van der Waals surface area contributed by atoms with E-state index in [0.29, 0.717) is 37.7 Å². The lowest BCUT2D eigenvalue weighted by atomic mass is 10.2. The summed E-state index contributed by atoms with van der Waals surface area (Å²) in [5.41, 5.74) is 0.310. The van der Waals surface area contributed by atoms with E-state index in [-0.39, 0.29) is 5.88 Å². The minimum Gasteiger partial charge on any atom is -0.491 e. The lowest BCUT2D eigenvalue weighted by Crippen LogP contribution is -2.10. The number of ether oxygens (including phenoxy) is 3. The molecule has 0 heterocycles. The Morgan fingerprint density at radius 3 is 2.68 bits per heavy atom. The number of halogens is 2. The average molecular weight is 287 g/mol. The Morgan fingerprint density at radius 1 is 1.21 bits per heavy atom. The van der Waals surface area contributed by atoms with Gasteiger partial charge in [0.05, 0.1) is 31.3 Å². The van der Waals surface area contributed by atoms with Gasteiger partial charge in [-0.3, -0.25) is 0 Å². The molecule has 3 nitrogen and oxygen atoms in total. The number of hydrogen-bond acceptors (Lipinski definition) is 3. The van der Waals surface area contributed by atoms with Crippen LogP contribution in [0.15, 0.2) is 18.2 Å². The van der Waals surface area contributed by atoms with E-state index in [1.54, 1.807) is 19.2 Å². The smallest absolute Gasteiger partial charge is 0.142 e. The Kier molecular flexibility index (Phi) is 7.99. The first kappa shape index (κ1) is 15.8. The topological polar surface area (TPSA) is 27.7 Å². The third-order valence-electron chi connectivity index (χ3n) is 2.16. The van der Waals surface area contributed by atoms with E-state index in [4.69, 9.17) is 25.8 Å². The second-order valence-corrected chi connectivity index (χ2v) is 3.80. The SMILES string of the molecule is COCCOCCOc1ccc(C#CCCl)c(F)c1. The highest BCUT2D eigenvalue weighted by molar-refractivity contribution is 6.19. The van der Waals surface area contributed by atoms with Crippen molar-refractivity contribution in [2.24, 2.45) is 0 Å². The molecule has 0 aromatic heterocycles. The fraction of sp³-hybridized carbons (Fsp3) is 0.429. The summed E-state index contributed by atoms with van der Waals surface area (Å²) in [4.78, 5) is 0. The van der Waals surface area contributed by atoms with Gasteiger partial charge in [-0.25, -0.2) is 4.39 Å². The Hall–Kier alpha value is -1.28. The quantitative estimate of drug-likeness (QED) is 0.438. The molecule has 0 aliphatic rings. The zero-order valence-electron chi connectivity index (χ0n) is 10.7. The van der Waals surface area contributed by atoms with Gasteiger partial charge in [0.1, 0.15) is 18.2 Å². The average Bonchev–Trinajstić information content (AvgIpc) is 2.42. The van der Waals surface area contributed by atoms with Crippen LogP contribution in [0, 0.1) is 17.7 Å². The summed E-state index contributed by atoms with van der Waals surface area (Å²) in [5, 5.41) is 0. The maximum absolute atomic E-state index is 13.6. The molecular weight excluding hydrogens is 271 g/mol. The Labute approximate surface area is 117 Å². The van der Waals surface area contributed by atoms with Crippen molar-refractivity contribution in [2.75, 3.05) is 39.4 Å². The van der Waals surface area contributed by atoms with Gasteiger partial charge in [-0.1, -0.05) is 11.8 Å². The van der Waals surface area contributed by atoms with Crippen LogP contribution in [0.25, 0.3) is 0 Å². The van der Waals surface area contributed by atoms with Crippen LogP contribution in [0.5, 0.6) is 5.75 Å². The fourth-order valence-electron chi connectivity index (χ4n) is 1.28. The number of hydrogen-bond donors (Lipinski definition) is 0. The summed E-state index contributed by atoms with van der Waals surface area (Å²) < 4.78 is 29.0. The molecule has 0 amide bonds. The molecule has 1 rings (SSSR count). The molecule has 104 valence electrons. The van der Waals surface area contributed by atoms with E-state index in [0.717, 1.165) is 0 Å². The molecule has 0 unspecified atom stereocenters. The molecule has 0 aliphatic carbocycles. The van der Waals surface area contributed by atoms with Crippen LogP contribution < -0.4 is 4.74 Å². The Balaban J connectivity index is 2.37. The van der Waals surface area contributed by atoms with Crippen molar-refractivity contribution in [2.45, 2.75) is 0 Å². The largest absolute Gasteiger partial charge is 0.491 e. The van der Waals surface area contributed by atoms with Gasteiger partial charge in [0.25, 0.3) is 0 Å². The van der Waals surface area contributed by atoms with Crippen LogP contribution in [0.4, 0.5) is 4.39 Å². The Morgan fingerprint density at radius 2 is 2.00 bits per heavy atom. The molecule has 0 fully saturated rings. The van der Waals surface area contributed by atoms with Crippen molar-refractivity contribution < 1.29 is 18.6 Å². The van der Waals surface area contributed by atoms with Crippen molar-refractivity contribution >= 4 is 11.6 Å². The maximum atomic E-state index is 13.6. The van der Waals surface area contributed by atoms with Gasteiger partial charge < -0.3 is 14.2 Å². The molecule has 1 aromatic carbocycles. The predicted molar refractivity (Wildman–Crippen MR) is 72.2 cm³/mol. The van der Waals surface area contributed by atoms with Gasteiger partial charge in [0.15, 0.2) is 0 Å². The van der Waals surface area contributed by atoms with Crippen LogP contribution in [0.2, 0.25) is 0 Å². The van der Waals surface area contributed by atoms with E-state index < -0.39 is 5.82 Å². The highest BCUT2D eigenvalue weighted by atomic mass is 35.5. The van der Waals surface area contributed by atoms with Crippen molar-refractivity contribution in [1.82, 2.24) is 0 Å². The Bertz CT molecular complexity index is 440. The van der Waals surface area contributed by atoms with Crippen LogP contribution in [0.1, 0.15) is 5.56 Å². The van der Waals surface area contributed by atoms with Gasteiger partial charge in [0.2, 0.25) is 0 Å². The van der Waals surface area contributed by atoms with Gasteiger partial charge in [-0.05, 0) is 12.1 Å². The van der Waals surface area contributed by atoms with Gasteiger partial charge in [-0.2, -0.15) is 0 Å². The summed E-state index contributed by atoms with van der Waals surface area (Å²) in [6, 6.07) is 4.53. The van der Waals surface area contributed by atoms with Crippen LogP contribution in [0.3, 0.4) is 0 Å². The predicted octanol–water partition coefficient (Wildman–Crippen LogP) is 2.46. The van der Waals surface area contributed by atoms with E-state index in [9.17, 15) is 4.39 Å². The summed E-state index contributed by atoms with van der Waals surface area (Å²) in [7, 11) is 1.61. The normalized spacial score (nSPS) is 9.84. The molecule has 0 saturated carbocycles. The molecule has 19 heavy (non-hydrogen) atoms. The highest BCUT2D eigenvalue weighted by Gasteiger charge is 2.02. The molecule has 0 radical (unpaired) electrons. The van der Waals surface area contributed by atoms with Crippen LogP contribution >= 0.6 is 11.6 Å². The summed E-state index contributed by atoms with van der Waals surface area (Å²) in [6.45, 7) is 1.85. The number of rotatable bonds is 7. The van der Waals surface area contributed by atoms with Crippen LogP contribution in [-0.4, -0.2) is 39.4 Å². The zero-order valence-corrected chi connectivity index (χ0v) is 11.5. The van der Waals surface area contributed by atoms with Crippen molar-refractivity contribution in [3.05, 3.63) is 29.6 Å². The first-order valence-electron chi connectivity index (χ1n) is 5.81. The molecule has 1 aromatic rings. The fourth-order valence-corrected chi connectivity index (χ4v) is 1.35. The first-order valence-corrected chi connectivity index (χ1v) is 6.35. The molecule has 5 heteroatoms. The monoisotopic (exact) mass is 286 g/mol. The minimum absolute atomic E-state index is 0.177. The lowest BCUT2D eigenvalue weighted by Gasteiger charge is -2.07. The molecule has 0 aliphatic heterocycles. The van der Waals surface area contributed by atoms with Gasteiger partial charge >= 0.3 is 0 Å². The third-order valence-corrected chi connectivity index (χ3v) is 2.29. The highest BCUT2D eigenvalue weighted by Crippen LogP contribution is 2.15. The second-order valence-electron chi connectivity index (χ2n) is 3.53. The molecule has 0 atom stereocenters. The number of methoxy groups -OCH3 is 1. The standard InChI is InChI=1S/C14H16ClFO3/c1-17-7-8-18-9-10-19-13-5-4-12(3-2-6-15)14(16)11-13/h4-5,11H,6-10H2,1H3. The van der Waals surface area contributed by atoms with Gasteiger partial charge in [0, 0.05) is 13.2 Å². The van der Waals surface area contributed by atoms with Crippen molar-refractivity contribution in [3.63, 3.8) is 0 Å². The van der Waals surface area contributed by atoms with Crippen molar-refractivity contribution in [1.29, 1.82) is 0 Å². The first-order chi connectivity index (χ1) is 9.27. The minimum atomic E-state index is -0.421. The van der Waals surface area contributed by atoms with E-state index >= 15 is 0 Å². The maximum Gasteiger partial charge on any atom is 0.142 e. The van der Waals surface area contributed by atoms with E-state index in [1.807, 2.05) is 0 Å². The summed E-state index contributed by atoms with van der Waals surface area (Å²) in [5.74, 6) is 5.43. The van der Waals surface area contributed by atoms with Gasteiger partial charge in [-0.15, -0.1) is 11.6 Å². The second kappa shape index (κ2) is 9.62. The molecule has 0 saturated heterocycles. The molecule has 0 N–H and O–H groups in total. The summed E-state index contributed by atoms with van der Waals surface area (Å²) >= 11 is 5.41.